The maximum atomic E-state index is 12.9. The lowest BCUT2D eigenvalue weighted by atomic mass is 9.73. The van der Waals surface area contributed by atoms with Crippen molar-refractivity contribution in [3.05, 3.63) is 35.9 Å². The van der Waals surface area contributed by atoms with Gasteiger partial charge in [0, 0.05) is 13.6 Å². The Morgan fingerprint density at radius 2 is 2.00 bits per heavy atom. The molecule has 1 aliphatic heterocycles. The summed E-state index contributed by atoms with van der Waals surface area (Å²) in [5, 5.41) is 2.88. The minimum Gasteiger partial charge on any atom is -0.340 e. The molecular weight excluding hydrogens is 318 g/mol. The van der Waals surface area contributed by atoms with E-state index in [4.69, 9.17) is 0 Å². The summed E-state index contributed by atoms with van der Waals surface area (Å²) in [6, 6.07) is 9.19. The molecule has 1 saturated carbocycles. The van der Waals surface area contributed by atoms with Crippen LogP contribution in [-0.2, 0) is 16.1 Å². The highest BCUT2D eigenvalue weighted by Crippen LogP contribution is 2.38. The molecule has 25 heavy (non-hydrogen) atoms. The van der Waals surface area contributed by atoms with Crippen LogP contribution in [-0.4, -0.2) is 46.8 Å². The number of hydrogen-bond donors (Lipinski definition) is 1. The SMILES string of the molecule is C[C@H]1CCCC[C@]12NC(=O)N(CC(=O)N(C)Cc1ccccc1)C2=O. The number of carbonyl (C=O) groups excluding carboxylic acids is 3. The lowest BCUT2D eigenvalue weighted by Crippen LogP contribution is -2.54. The first kappa shape index (κ1) is 17.5. The van der Waals surface area contributed by atoms with Crippen molar-refractivity contribution in [1.29, 1.82) is 0 Å². The minimum absolute atomic E-state index is 0.0971. The Bertz CT molecular complexity index is 676. The molecule has 1 heterocycles. The van der Waals surface area contributed by atoms with Gasteiger partial charge < -0.3 is 10.2 Å². The van der Waals surface area contributed by atoms with Gasteiger partial charge in [-0.15, -0.1) is 0 Å². The van der Waals surface area contributed by atoms with Crippen molar-refractivity contribution in [3.63, 3.8) is 0 Å². The quantitative estimate of drug-likeness (QED) is 0.852. The molecular formula is C19H25N3O3. The van der Waals surface area contributed by atoms with Crippen molar-refractivity contribution in [3.8, 4) is 0 Å². The van der Waals surface area contributed by atoms with E-state index in [0.717, 1.165) is 29.7 Å². The van der Waals surface area contributed by atoms with Crippen LogP contribution in [0.5, 0.6) is 0 Å². The normalized spacial score (nSPS) is 26.0. The number of benzene rings is 1. The minimum atomic E-state index is -0.812. The molecule has 1 aliphatic carbocycles. The molecule has 2 aliphatic rings. The van der Waals surface area contributed by atoms with Crippen molar-refractivity contribution in [2.45, 2.75) is 44.7 Å². The average molecular weight is 343 g/mol. The second kappa shape index (κ2) is 6.86. The van der Waals surface area contributed by atoms with Gasteiger partial charge >= 0.3 is 6.03 Å². The summed E-state index contributed by atoms with van der Waals surface area (Å²) in [5.41, 5.74) is 0.195. The largest absolute Gasteiger partial charge is 0.340 e. The molecule has 1 N–H and O–H groups in total. The number of carbonyl (C=O) groups is 3. The van der Waals surface area contributed by atoms with Crippen molar-refractivity contribution in [2.24, 2.45) is 5.92 Å². The van der Waals surface area contributed by atoms with Gasteiger partial charge in [0.15, 0.2) is 0 Å². The molecule has 0 aromatic heterocycles. The molecule has 1 aromatic carbocycles. The maximum absolute atomic E-state index is 12.9. The first-order chi connectivity index (χ1) is 11.9. The number of rotatable bonds is 4. The Labute approximate surface area is 148 Å². The number of nitrogens with zero attached hydrogens (tertiary/aromatic N) is 2. The van der Waals surface area contributed by atoms with Crippen LogP contribution in [0.3, 0.4) is 0 Å². The zero-order valence-electron chi connectivity index (χ0n) is 14.8. The molecule has 4 amide bonds. The predicted octanol–water partition coefficient (Wildman–Crippen LogP) is 2.15. The van der Waals surface area contributed by atoms with Crippen molar-refractivity contribution in [2.75, 3.05) is 13.6 Å². The highest BCUT2D eigenvalue weighted by molar-refractivity contribution is 6.09. The van der Waals surface area contributed by atoms with Gasteiger partial charge in [0.25, 0.3) is 5.91 Å². The van der Waals surface area contributed by atoms with E-state index in [1.54, 1.807) is 11.9 Å². The van der Waals surface area contributed by atoms with Gasteiger partial charge in [0.2, 0.25) is 5.91 Å². The van der Waals surface area contributed by atoms with Crippen molar-refractivity contribution >= 4 is 17.8 Å². The maximum Gasteiger partial charge on any atom is 0.325 e. The monoisotopic (exact) mass is 343 g/mol. The summed E-state index contributed by atoms with van der Waals surface area (Å²) in [5.74, 6) is -0.390. The number of amides is 4. The number of urea groups is 1. The third kappa shape index (κ3) is 3.25. The molecule has 2 atom stereocenters. The summed E-state index contributed by atoms with van der Waals surface area (Å²) < 4.78 is 0. The van der Waals surface area contributed by atoms with Gasteiger partial charge in [0.05, 0.1) is 0 Å². The van der Waals surface area contributed by atoms with Gasteiger partial charge in [-0.2, -0.15) is 0 Å². The smallest absolute Gasteiger partial charge is 0.325 e. The Morgan fingerprint density at radius 1 is 1.28 bits per heavy atom. The molecule has 0 radical (unpaired) electrons. The Morgan fingerprint density at radius 3 is 2.68 bits per heavy atom. The van der Waals surface area contributed by atoms with Crippen LogP contribution < -0.4 is 5.32 Å². The molecule has 1 aromatic rings. The van der Waals surface area contributed by atoms with E-state index in [-0.39, 0.29) is 24.3 Å². The van der Waals surface area contributed by atoms with Crippen LogP contribution in [0.4, 0.5) is 4.79 Å². The van der Waals surface area contributed by atoms with Crippen LogP contribution in [0, 0.1) is 5.92 Å². The molecule has 1 saturated heterocycles. The van der Waals surface area contributed by atoms with E-state index in [2.05, 4.69) is 5.32 Å². The van der Waals surface area contributed by atoms with Gasteiger partial charge in [-0.3, -0.25) is 14.5 Å². The average Bonchev–Trinajstić information content (AvgIpc) is 2.83. The topological polar surface area (TPSA) is 69.7 Å². The van der Waals surface area contributed by atoms with E-state index in [1.807, 2.05) is 37.3 Å². The third-order valence-electron chi connectivity index (χ3n) is 5.48. The second-order valence-electron chi connectivity index (χ2n) is 7.18. The Hall–Kier alpha value is -2.37. The number of nitrogens with one attached hydrogen (secondary N) is 1. The Balaban J connectivity index is 1.67. The molecule has 2 fully saturated rings. The standard InChI is InChI=1S/C19H25N3O3/c1-14-8-6-7-11-19(14)17(24)22(18(25)20-19)13-16(23)21(2)12-15-9-4-3-5-10-15/h3-5,9-10,14H,6-8,11-13H2,1-2H3,(H,20,25)/t14-,19-/m0/s1. The third-order valence-corrected chi connectivity index (χ3v) is 5.48. The van der Waals surface area contributed by atoms with Gasteiger partial charge in [0.1, 0.15) is 12.1 Å². The van der Waals surface area contributed by atoms with E-state index < -0.39 is 11.6 Å². The first-order valence-electron chi connectivity index (χ1n) is 8.86. The number of imide groups is 1. The summed E-state index contributed by atoms with van der Waals surface area (Å²) in [4.78, 5) is 40.4. The number of likely N-dealkylation sites (N-methyl/N-ethyl adjacent to an activating group) is 1. The summed E-state index contributed by atoms with van der Waals surface area (Å²) >= 11 is 0. The van der Waals surface area contributed by atoms with Crippen molar-refractivity contribution < 1.29 is 14.4 Å². The lowest BCUT2D eigenvalue weighted by molar-refractivity contribution is -0.140. The molecule has 0 unspecified atom stereocenters. The van der Waals surface area contributed by atoms with Crippen LogP contribution in [0.1, 0.15) is 38.2 Å². The van der Waals surface area contributed by atoms with Gasteiger partial charge in [-0.25, -0.2) is 4.79 Å². The molecule has 3 rings (SSSR count). The fourth-order valence-electron chi connectivity index (χ4n) is 3.84. The highest BCUT2D eigenvalue weighted by atomic mass is 16.2. The molecule has 6 heteroatoms. The Kier molecular flexibility index (Phi) is 4.79. The van der Waals surface area contributed by atoms with Crippen LogP contribution in [0.2, 0.25) is 0 Å². The van der Waals surface area contributed by atoms with E-state index in [0.29, 0.717) is 13.0 Å². The molecule has 6 nitrogen and oxygen atoms in total. The molecule has 0 bridgehead atoms. The summed E-state index contributed by atoms with van der Waals surface area (Å²) in [7, 11) is 1.69. The van der Waals surface area contributed by atoms with Crippen LogP contribution in [0.25, 0.3) is 0 Å². The molecule has 134 valence electrons. The van der Waals surface area contributed by atoms with Gasteiger partial charge in [-0.1, -0.05) is 50.1 Å². The van der Waals surface area contributed by atoms with Crippen LogP contribution >= 0.6 is 0 Å². The number of hydrogen-bond acceptors (Lipinski definition) is 3. The highest BCUT2D eigenvalue weighted by Gasteiger charge is 2.55. The van der Waals surface area contributed by atoms with E-state index >= 15 is 0 Å². The van der Waals surface area contributed by atoms with E-state index in [9.17, 15) is 14.4 Å². The second-order valence-corrected chi connectivity index (χ2v) is 7.18. The fraction of sp³-hybridized carbons (Fsp3) is 0.526. The first-order valence-corrected chi connectivity index (χ1v) is 8.86. The van der Waals surface area contributed by atoms with Crippen LogP contribution in [0.15, 0.2) is 30.3 Å². The van der Waals surface area contributed by atoms with Crippen molar-refractivity contribution in [1.82, 2.24) is 15.1 Å². The molecule has 1 spiro atoms. The zero-order chi connectivity index (χ0) is 18.0. The fourth-order valence-corrected chi connectivity index (χ4v) is 3.84. The summed E-state index contributed by atoms with van der Waals surface area (Å²) in [6.07, 6.45) is 3.57. The van der Waals surface area contributed by atoms with E-state index in [1.165, 1.54) is 0 Å². The van der Waals surface area contributed by atoms with Gasteiger partial charge in [-0.05, 0) is 24.3 Å². The lowest BCUT2D eigenvalue weighted by Gasteiger charge is -2.36. The predicted molar refractivity (Wildman–Crippen MR) is 93.5 cm³/mol. The zero-order valence-corrected chi connectivity index (χ0v) is 14.8. The summed E-state index contributed by atoms with van der Waals surface area (Å²) in [6.45, 7) is 2.25.